The predicted octanol–water partition coefficient (Wildman–Crippen LogP) is 3.12. The molecule has 1 aromatic rings. The van der Waals surface area contributed by atoms with Gasteiger partial charge in [-0.25, -0.2) is 0 Å². The van der Waals surface area contributed by atoms with E-state index in [1.807, 2.05) is 32.0 Å². The van der Waals surface area contributed by atoms with E-state index in [2.05, 4.69) is 0 Å². The molecule has 17 heavy (non-hydrogen) atoms. The summed E-state index contributed by atoms with van der Waals surface area (Å²) in [6.07, 6.45) is 2.26. The van der Waals surface area contributed by atoms with Gasteiger partial charge in [-0.1, -0.05) is 23.7 Å². The number of aryl methyl sites for hydroxylation is 1. The van der Waals surface area contributed by atoms with Crippen molar-refractivity contribution >= 4 is 11.6 Å². The summed E-state index contributed by atoms with van der Waals surface area (Å²) in [5.41, 5.74) is 1.54. The van der Waals surface area contributed by atoms with Crippen molar-refractivity contribution in [3.05, 3.63) is 34.3 Å². The molecule has 1 fully saturated rings. The SMILES string of the molecule is CCOC1CC(O)(Cc2ccc(C)cc2Cl)C1. The molecule has 0 unspecified atom stereocenters. The summed E-state index contributed by atoms with van der Waals surface area (Å²) in [7, 11) is 0. The second kappa shape index (κ2) is 4.97. The second-order valence-electron chi connectivity index (χ2n) is 4.98. The van der Waals surface area contributed by atoms with E-state index in [1.54, 1.807) is 0 Å². The van der Waals surface area contributed by atoms with Gasteiger partial charge in [-0.05, 0) is 31.0 Å². The van der Waals surface area contributed by atoms with Gasteiger partial charge in [-0.3, -0.25) is 0 Å². The summed E-state index contributed by atoms with van der Waals surface area (Å²) < 4.78 is 5.47. The standard InChI is InChI=1S/C14H19ClO2/c1-3-17-12-8-14(16,9-12)7-11-5-4-10(2)6-13(11)15/h4-6,12,16H,3,7-9H2,1-2H3. The van der Waals surface area contributed by atoms with Gasteiger partial charge >= 0.3 is 0 Å². The number of benzene rings is 1. The van der Waals surface area contributed by atoms with E-state index in [-0.39, 0.29) is 6.10 Å². The molecule has 0 radical (unpaired) electrons. The van der Waals surface area contributed by atoms with Crippen LogP contribution in [0.1, 0.15) is 30.9 Å². The quantitative estimate of drug-likeness (QED) is 0.895. The highest BCUT2D eigenvalue weighted by Crippen LogP contribution is 2.38. The van der Waals surface area contributed by atoms with E-state index in [0.717, 1.165) is 16.1 Å². The van der Waals surface area contributed by atoms with Crippen molar-refractivity contribution in [1.82, 2.24) is 0 Å². The van der Waals surface area contributed by atoms with Gasteiger partial charge in [0.2, 0.25) is 0 Å². The van der Waals surface area contributed by atoms with Crippen LogP contribution in [0.5, 0.6) is 0 Å². The largest absolute Gasteiger partial charge is 0.389 e. The zero-order chi connectivity index (χ0) is 12.5. The Morgan fingerprint density at radius 2 is 2.18 bits per heavy atom. The lowest BCUT2D eigenvalue weighted by molar-refractivity contribution is -0.136. The van der Waals surface area contributed by atoms with Gasteiger partial charge in [0.15, 0.2) is 0 Å². The lowest BCUT2D eigenvalue weighted by atomic mass is 9.73. The molecular weight excluding hydrogens is 236 g/mol. The Bertz CT molecular complexity index is 397. The van der Waals surface area contributed by atoms with Crippen molar-refractivity contribution in [3.8, 4) is 0 Å². The van der Waals surface area contributed by atoms with E-state index in [0.29, 0.717) is 25.9 Å². The Kier molecular flexibility index (Phi) is 3.76. The van der Waals surface area contributed by atoms with Crippen LogP contribution in [0.2, 0.25) is 5.02 Å². The lowest BCUT2D eigenvalue weighted by Gasteiger charge is -2.43. The highest BCUT2D eigenvalue weighted by Gasteiger charge is 2.43. The predicted molar refractivity (Wildman–Crippen MR) is 69.5 cm³/mol. The first-order valence-corrected chi connectivity index (χ1v) is 6.49. The van der Waals surface area contributed by atoms with Crippen LogP contribution in [0.15, 0.2) is 18.2 Å². The van der Waals surface area contributed by atoms with Crippen LogP contribution in [-0.2, 0) is 11.2 Å². The van der Waals surface area contributed by atoms with Gasteiger partial charge in [0.05, 0.1) is 11.7 Å². The Labute approximate surface area is 108 Å². The molecule has 0 aromatic heterocycles. The Balaban J connectivity index is 1.98. The molecular formula is C14H19ClO2. The third kappa shape index (κ3) is 3.01. The monoisotopic (exact) mass is 254 g/mol. The zero-order valence-corrected chi connectivity index (χ0v) is 11.1. The average Bonchev–Trinajstić information content (AvgIpc) is 2.21. The van der Waals surface area contributed by atoms with Gasteiger partial charge in [-0.2, -0.15) is 0 Å². The Morgan fingerprint density at radius 3 is 2.76 bits per heavy atom. The highest BCUT2D eigenvalue weighted by atomic mass is 35.5. The molecule has 1 aromatic carbocycles. The van der Waals surface area contributed by atoms with E-state index >= 15 is 0 Å². The molecule has 0 aliphatic heterocycles. The van der Waals surface area contributed by atoms with E-state index in [9.17, 15) is 5.11 Å². The molecule has 0 amide bonds. The van der Waals surface area contributed by atoms with Crippen molar-refractivity contribution in [2.75, 3.05) is 6.61 Å². The van der Waals surface area contributed by atoms with E-state index in [4.69, 9.17) is 16.3 Å². The molecule has 0 bridgehead atoms. The Hall–Kier alpha value is -0.570. The van der Waals surface area contributed by atoms with Crippen molar-refractivity contribution in [2.24, 2.45) is 0 Å². The number of rotatable bonds is 4. The van der Waals surface area contributed by atoms with Crippen LogP contribution in [0.4, 0.5) is 0 Å². The summed E-state index contributed by atoms with van der Waals surface area (Å²) >= 11 is 6.17. The molecule has 1 aliphatic rings. The minimum absolute atomic E-state index is 0.217. The number of halogens is 1. The molecule has 0 atom stereocenters. The third-order valence-electron chi connectivity index (χ3n) is 3.35. The number of hydrogen-bond donors (Lipinski definition) is 1. The molecule has 1 saturated carbocycles. The fourth-order valence-corrected chi connectivity index (χ4v) is 2.74. The summed E-state index contributed by atoms with van der Waals surface area (Å²) in [5, 5.41) is 11.1. The van der Waals surface area contributed by atoms with Crippen molar-refractivity contribution < 1.29 is 9.84 Å². The number of aliphatic hydroxyl groups is 1. The molecule has 0 heterocycles. The fourth-order valence-electron chi connectivity index (χ4n) is 2.44. The first kappa shape index (κ1) is 12.9. The van der Waals surface area contributed by atoms with Crippen molar-refractivity contribution in [1.29, 1.82) is 0 Å². The maximum absolute atomic E-state index is 10.3. The molecule has 3 heteroatoms. The van der Waals surface area contributed by atoms with Crippen LogP contribution in [0.3, 0.4) is 0 Å². The molecule has 2 rings (SSSR count). The summed E-state index contributed by atoms with van der Waals surface area (Å²) in [5.74, 6) is 0. The summed E-state index contributed by atoms with van der Waals surface area (Å²) in [6.45, 7) is 4.71. The van der Waals surface area contributed by atoms with E-state index < -0.39 is 5.60 Å². The van der Waals surface area contributed by atoms with Gasteiger partial charge in [0.1, 0.15) is 0 Å². The van der Waals surface area contributed by atoms with Gasteiger partial charge in [0, 0.05) is 30.9 Å². The molecule has 1 aliphatic carbocycles. The minimum Gasteiger partial charge on any atom is -0.389 e. The fraction of sp³-hybridized carbons (Fsp3) is 0.571. The maximum atomic E-state index is 10.3. The van der Waals surface area contributed by atoms with Gasteiger partial charge in [-0.15, -0.1) is 0 Å². The van der Waals surface area contributed by atoms with Crippen LogP contribution in [-0.4, -0.2) is 23.4 Å². The molecule has 94 valence electrons. The number of ether oxygens (including phenoxy) is 1. The van der Waals surface area contributed by atoms with Gasteiger partial charge < -0.3 is 9.84 Å². The summed E-state index contributed by atoms with van der Waals surface area (Å²) in [4.78, 5) is 0. The van der Waals surface area contributed by atoms with Crippen molar-refractivity contribution in [3.63, 3.8) is 0 Å². The topological polar surface area (TPSA) is 29.5 Å². The van der Waals surface area contributed by atoms with Gasteiger partial charge in [0.25, 0.3) is 0 Å². The first-order valence-electron chi connectivity index (χ1n) is 6.11. The van der Waals surface area contributed by atoms with Crippen molar-refractivity contribution in [2.45, 2.75) is 44.8 Å². The smallest absolute Gasteiger partial charge is 0.0737 e. The summed E-state index contributed by atoms with van der Waals surface area (Å²) in [6, 6.07) is 5.98. The Morgan fingerprint density at radius 1 is 1.47 bits per heavy atom. The van der Waals surface area contributed by atoms with Crippen LogP contribution < -0.4 is 0 Å². The van der Waals surface area contributed by atoms with Crippen LogP contribution in [0.25, 0.3) is 0 Å². The van der Waals surface area contributed by atoms with E-state index in [1.165, 1.54) is 0 Å². The maximum Gasteiger partial charge on any atom is 0.0737 e. The molecule has 2 nitrogen and oxygen atoms in total. The van der Waals surface area contributed by atoms with Crippen LogP contribution >= 0.6 is 11.6 Å². The first-order chi connectivity index (χ1) is 8.02. The molecule has 0 saturated heterocycles. The minimum atomic E-state index is -0.626. The molecule has 0 spiro atoms. The zero-order valence-electron chi connectivity index (χ0n) is 10.4. The molecule has 1 N–H and O–H groups in total. The second-order valence-corrected chi connectivity index (χ2v) is 5.39. The highest BCUT2D eigenvalue weighted by molar-refractivity contribution is 6.31. The number of hydrogen-bond acceptors (Lipinski definition) is 2. The average molecular weight is 255 g/mol. The normalized spacial score (nSPS) is 27.9. The van der Waals surface area contributed by atoms with Crippen LogP contribution in [0, 0.1) is 6.92 Å². The third-order valence-corrected chi connectivity index (χ3v) is 3.70. The lowest BCUT2D eigenvalue weighted by Crippen LogP contribution is -2.49.